The number of anilines is 1. The topological polar surface area (TPSA) is 77.2 Å². The van der Waals surface area contributed by atoms with Gasteiger partial charge in [0.1, 0.15) is 5.75 Å². The highest BCUT2D eigenvalue weighted by Crippen LogP contribution is 2.29. The third-order valence-electron chi connectivity index (χ3n) is 2.42. The molecule has 1 atom stereocenters. The number of fused-ring (bicyclic) bond motifs is 1. The van der Waals surface area contributed by atoms with E-state index in [2.05, 4.69) is 10.3 Å². The van der Waals surface area contributed by atoms with Crippen LogP contribution in [0.25, 0.3) is 10.2 Å². The smallest absolute Gasteiger partial charge is 0.227 e. The number of hydrogen-bond donors (Lipinski definition) is 2. The molecule has 1 heterocycles. The Morgan fingerprint density at radius 2 is 2.37 bits per heavy atom. The number of thiazole rings is 1. The fourth-order valence-corrected chi connectivity index (χ4v) is 2.59. The van der Waals surface area contributed by atoms with Crippen molar-refractivity contribution in [2.75, 3.05) is 11.9 Å². The molecule has 0 radical (unpaired) electrons. The Balaban J connectivity index is 2.14. The van der Waals surface area contributed by atoms with Gasteiger partial charge < -0.3 is 15.8 Å². The van der Waals surface area contributed by atoms with E-state index in [1.54, 1.807) is 6.92 Å². The van der Waals surface area contributed by atoms with Gasteiger partial charge in [-0.25, -0.2) is 4.98 Å². The van der Waals surface area contributed by atoms with Crippen LogP contribution in [-0.2, 0) is 4.79 Å². The second-order valence-corrected chi connectivity index (χ2v) is 5.34. The summed E-state index contributed by atoms with van der Waals surface area (Å²) in [6.07, 6.45) is 0.292. The summed E-state index contributed by atoms with van der Waals surface area (Å²) in [6.45, 7) is 4.37. The molecule has 0 spiro atoms. The summed E-state index contributed by atoms with van der Waals surface area (Å²) in [5.41, 5.74) is 6.43. The first-order valence-corrected chi connectivity index (χ1v) is 6.99. The van der Waals surface area contributed by atoms with Gasteiger partial charge in [-0.05, 0) is 32.0 Å². The number of carbonyl (C=O) groups excluding carboxylic acids is 1. The van der Waals surface area contributed by atoms with Crippen LogP contribution in [0.4, 0.5) is 5.13 Å². The molecule has 0 aliphatic carbocycles. The second-order valence-electron chi connectivity index (χ2n) is 4.31. The molecule has 19 heavy (non-hydrogen) atoms. The van der Waals surface area contributed by atoms with Crippen LogP contribution in [0, 0.1) is 0 Å². The van der Waals surface area contributed by atoms with Gasteiger partial charge in [0, 0.05) is 12.5 Å². The highest BCUT2D eigenvalue weighted by molar-refractivity contribution is 7.22. The number of amides is 1. The molecule has 1 unspecified atom stereocenters. The summed E-state index contributed by atoms with van der Waals surface area (Å²) < 4.78 is 6.42. The molecule has 0 aliphatic rings. The third kappa shape index (κ3) is 3.65. The SMILES string of the molecule is CCOc1ccc2nc(NC(=O)CC(C)N)sc2c1. The molecule has 0 saturated carbocycles. The molecule has 102 valence electrons. The normalized spacial score (nSPS) is 12.4. The predicted octanol–water partition coefficient (Wildman–Crippen LogP) is 2.37. The van der Waals surface area contributed by atoms with E-state index >= 15 is 0 Å². The van der Waals surface area contributed by atoms with E-state index in [1.807, 2.05) is 25.1 Å². The molecule has 1 amide bonds. The zero-order valence-electron chi connectivity index (χ0n) is 11.0. The van der Waals surface area contributed by atoms with Crippen LogP contribution in [0.5, 0.6) is 5.75 Å². The van der Waals surface area contributed by atoms with Gasteiger partial charge in [-0.2, -0.15) is 0 Å². The van der Waals surface area contributed by atoms with E-state index in [9.17, 15) is 4.79 Å². The summed E-state index contributed by atoms with van der Waals surface area (Å²) in [6, 6.07) is 5.54. The van der Waals surface area contributed by atoms with Crippen LogP contribution < -0.4 is 15.8 Å². The molecule has 1 aromatic heterocycles. The quantitative estimate of drug-likeness (QED) is 0.881. The van der Waals surface area contributed by atoms with Crippen LogP contribution >= 0.6 is 11.3 Å². The minimum absolute atomic E-state index is 0.112. The fourth-order valence-electron chi connectivity index (χ4n) is 1.68. The monoisotopic (exact) mass is 279 g/mol. The molecule has 6 heteroatoms. The minimum atomic E-state index is -0.154. The molecular formula is C13H17N3O2S. The van der Waals surface area contributed by atoms with Gasteiger partial charge in [-0.15, -0.1) is 0 Å². The maximum atomic E-state index is 11.6. The lowest BCUT2D eigenvalue weighted by Crippen LogP contribution is -2.23. The van der Waals surface area contributed by atoms with Crippen LogP contribution in [0.3, 0.4) is 0 Å². The molecule has 2 aromatic rings. The lowest BCUT2D eigenvalue weighted by Gasteiger charge is -2.03. The van der Waals surface area contributed by atoms with Crippen molar-refractivity contribution in [2.45, 2.75) is 26.3 Å². The first-order chi connectivity index (χ1) is 9.08. The van der Waals surface area contributed by atoms with Crippen LogP contribution in [0.1, 0.15) is 20.3 Å². The Bertz CT molecular complexity index is 580. The van der Waals surface area contributed by atoms with Crippen molar-refractivity contribution >= 4 is 32.6 Å². The Hall–Kier alpha value is -1.66. The van der Waals surface area contributed by atoms with Crippen LogP contribution in [-0.4, -0.2) is 23.5 Å². The number of benzene rings is 1. The van der Waals surface area contributed by atoms with Gasteiger partial charge in [0.05, 0.1) is 16.8 Å². The van der Waals surface area contributed by atoms with Crippen molar-refractivity contribution in [1.29, 1.82) is 0 Å². The standard InChI is InChI=1S/C13H17N3O2S/c1-3-18-9-4-5-10-11(7-9)19-13(15-10)16-12(17)6-8(2)14/h4-5,7-8H,3,6,14H2,1-2H3,(H,15,16,17). The number of nitrogens with zero attached hydrogens (tertiary/aromatic N) is 1. The molecule has 5 nitrogen and oxygen atoms in total. The van der Waals surface area contributed by atoms with Gasteiger partial charge in [0.25, 0.3) is 0 Å². The zero-order valence-corrected chi connectivity index (χ0v) is 11.8. The summed E-state index contributed by atoms with van der Waals surface area (Å²) in [5.74, 6) is 0.700. The van der Waals surface area contributed by atoms with Crippen molar-refractivity contribution in [3.63, 3.8) is 0 Å². The van der Waals surface area contributed by atoms with Crippen LogP contribution in [0.2, 0.25) is 0 Å². The average Bonchev–Trinajstić information content (AvgIpc) is 2.69. The van der Waals surface area contributed by atoms with Crippen LogP contribution in [0.15, 0.2) is 18.2 Å². The van der Waals surface area contributed by atoms with Crippen molar-refractivity contribution < 1.29 is 9.53 Å². The lowest BCUT2D eigenvalue weighted by molar-refractivity contribution is -0.116. The maximum Gasteiger partial charge on any atom is 0.227 e. The highest BCUT2D eigenvalue weighted by atomic mass is 32.1. The summed E-state index contributed by atoms with van der Waals surface area (Å²) in [7, 11) is 0. The van der Waals surface area contributed by atoms with Gasteiger partial charge >= 0.3 is 0 Å². The number of hydrogen-bond acceptors (Lipinski definition) is 5. The molecular weight excluding hydrogens is 262 g/mol. The van der Waals surface area contributed by atoms with Crippen molar-refractivity contribution in [3.05, 3.63) is 18.2 Å². The molecule has 1 aromatic carbocycles. The number of rotatable bonds is 5. The second kappa shape index (κ2) is 5.99. The molecule has 2 rings (SSSR count). The molecule has 0 fully saturated rings. The van der Waals surface area contributed by atoms with Gasteiger partial charge in [0.15, 0.2) is 5.13 Å². The van der Waals surface area contributed by atoms with Gasteiger partial charge in [-0.1, -0.05) is 11.3 Å². The van der Waals surface area contributed by atoms with Crippen molar-refractivity contribution in [3.8, 4) is 5.75 Å². The number of ether oxygens (including phenoxy) is 1. The third-order valence-corrected chi connectivity index (χ3v) is 3.36. The van der Waals surface area contributed by atoms with Gasteiger partial charge in [-0.3, -0.25) is 4.79 Å². The largest absolute Gasteiger partial charge is 0.494 e. The van der Waals surface area contributed by atoms with E-state index in [4.69, 9.17) is 10.5 Å². The van der Waals surface area contributed by atoms with E-state index in [1.165, 1.54) is 11.3 Å². The maximum absolute atomic E-state index is 11.6. The molecule has 0 aliphatic heterocycles. The Morgan fingerprint density at radius 1 is 1.58 bits per heavy atom. The van der Waals surface area contributed by atoms with Gasteiger partial charge in [0.2, 0.25) is 5.91 Å². The highest BCUT2D eigenvalue weighted by Gasteiger charge is 2.10. The first-order valence-electron chi connectivity index (χ1n) is 6.17. The first kappa shape index (κ1) is 13.8. The number of aromatic nitrogens is 1. The summed E-state index contributed by atoms with van der Waals surface area (Å²) >= 11 is 1.43. The van der Waals surface area contributed by atoms with E-state index in [-0.39, 0.29) is 11.9 Å². The number of nitrogens with one attached hydrogen (secondary N) is 1. The summed E-state index contributed by atoms with van der Waals surface area (Å²) in [5, 5.41) is 3.35. The minimum Gasteiger partial charge on any atom is -0.494 e. The lowest BCUT2D eigenvalue weighted by atomic mass is 10.2. The zero-order chi connectivity index (χ0) is 13.8. The average molecular weight is 279 g/mol. The Labute approximate surface area is 115 Å². The number of carbonyl (C=O) groups is 1. The van der Waals surface area contributed by atoms with Crippen molar-refractivity contribution in [1.82, 2.24) is 4.98 Å². The molecule has 0 saturated heterocycles. The van der Waals surface area contributed by atoms with Crippen molar-refractivity contribution in [2.24, 2.45) is 5.73 Å². The van der Waals surface area contributed by atoms with E-state index in [0.717, 1.165) is 16.0 Å². The molecule has 3 N–H and O–H groups in total. The summed E-state index contributed by atoms with van der Waals surface area (Å²) in [4.78, 5) is 16.0. The van der Waals surface area contributed by atoms with E-state index in [0.29, 0.717) is 18.2 Å². The van der Waals surface area contributed by atoms with E-state index < -0.39 is 0 Å². The molecule has 0 bridgehead atoms. The predicted molar refractivity (Wildman–Crippen MR) is 77.7 cm³/mol. The fraction of sp³-hybridized carbons (Fsp3) is 0.385. The number of nitrogens with two attached hydrogens (primary N) is 1. The Kier molecular flexibility index (Phi) is 4.34. The Morgan fingerprint density at radius 3 is 3.05 bits per heavy atom.